The van der Waals surface area contributed by atoms with E-state index in [1.807, 2.05) is 43.3 Å². The van der Waals surface area contributed by atoms with E-state index in [1.165, 1.54) is 16.5 Å². The molecule has 1 heterocycles. The number of rotatable bonds is 4. The summed E-state index contributed by atoms with van der Waals surface area (Å²) in [6.07, 6.45) is 0. The molecule has 0 saturated heterocycles. The molecule has 0 saturated carbocycles. The molecule has 0 radical (unpaired) electrons. The van der Waals surface area contributed by atoms with Gasteiger partial charge in [-0.3, -0.25) is 0 Å². The van der Waals surface area contributed by atoms with Gasteiger partial charge in [0.2, 0.25) is 0 Å². The Morgan fingerprint density at radius 2 is 1.95 bits per heavy atom. The third-order valence-electron chi connectivity index (χ3n) is 3.83. The second-order valence-corrected chi connectivity index (χ2v) is 5.73. The maximum absolute atomic E-state index is 6.05. The number of hydrogen-bond donors (Lipinski definition) is 1. The van der Waals surface area contributed by atoms with Gasteiger partial charge in [-0.1, -0.05) is 41.9 Å². The molecule has 1 unspecified atom stereocenters. The lowest BCUT2D eigenvalue weighted by Gasteiger charge is -2.14. The third kappa shape index (κ3) is 2.97. The molecule has 0 aliphatic carbocycles. The lowest BCUT2D eigenvalue weighted by Crippen LogP contribution is -2.18. The number of hydrogen-bond acceptors (Lipinski definition) is 2. The van der Waals surface area contributed by atoms with E-state index in [4.69, 9.17) is 16.0 Å². The number of para-hydroxylation sites is 1. The standard InChI is InChI=1S/C18H18ClNO/c1-12(14-6-5-7-15(19)10-14)20-11-17-13(2)21-18-9-4-3-8-16(17)18/h3-10,12,20H,11H2,1-2H3. The number of benzene rings is 2. The van der Waals surface area contributed by atoms with Gasteiger partial charge in [0.05, 0.1) is 0 Å². The van der Waals surface area contributed by atoms with Crippen molar-refractivity contribution in [1.82, 2.24) is 5.32 Å². The van der Waals surface area contributed by atoms with Gasteiger partial charge in [-0.05, 0) is 37.6 Å². The van der Waals surface area contributed by atoms with Gasteiger partial charge in [0.15, 0.2) is 0 Å². The maximum atomic E-state index is 6.05. The first-order valence-corrected chi connectivity index (χ1v) is 7.49. The summed E-state index contributed by atoms with van der Waals surface area (Å²) in [5.41, 5.74) is 3.36. The van der Waals surface area contributed by atoms with Gasteiger partial charge in [-0.2, -0.15) is 0 Å². The Bertz CT molecular complexity index is 763. The van der Waals surface area contributed by atoms with Gasteiger partial charge in [0.1, 0.15) is 11.3 Å². The van der Waals surface area contributed by atoms with Crippen molar-refractivity contribution < 1.29 is 4.42 Å². The van der Waals surface area contributed by atoms with E-state index in [-0.39, 0.29) is 6.04 Å². The zero-order chi connectivity index (χ0) is 14.8. The molecule has 3 heteroatoms. The largest absolute Gasteiger partial charge is 0.461 e. The van der Waals surface area contributed by atoms with Crippen LogP contribution in [0.1, 0.15) is 29.9 Å². The summed E-state index contributed by atoms with van der Waals surface area (Å²) in [5.74, 6) is 0.974. The van der Waals surface area contributed by atoms with Crippen LogP contribution in [0.2, 0.25) is 5.02 Å². The van der Waals surface area contributed by atoms with Crippen LogP contribution in [0.3, 0.4) is 0 Å². The minimum absolute atomic E-state index is 0.233. The second-order valence-electron chi connectivity index (χ2n) is 5.29. The number of furan rings is 1. The van der Waals surface area contributed by atoms with E-state index in [1.54, 1.807) is 0 Å². The Morgan fingerprint density at radius 1 is 1.14 bits per heavy atom. The number of aryl methyl sites for hydroxylation is 1. The molecule has 0 fully saturated rings. The fraction of sp³-hybridized carbons (Fsp3) is 0.222. The smallest absolute Gasteiger partial charge is 0.134 e. The molecule has 0 aliphatic rings. The zero-order valence-corrected chi connectivity index (χ0v) is 12.9. The molecule has 1 aromatic heterocycles. The van der Waals surface area contributed by atoms with Crippen LogP contribution in [-0.4, -0.2) is 0 Å². The number of halogens is 1. The van der Waals surface area contributed by atoms with Crippen molar-refractivity contribution in [3.8, 4) is 0 Å². The van der Waals surface area contributed by atoms with E-state index in [2.05, 4.69) is 24.4 Å². The van der Waals surface area contributed by atoms with Crippen LogP contribution >= 0.6 is 11.6 Å². The summed E-state index contributed by atoms with van der Waals surface area (Å²) >= 11 is 6.05. The molecule has 3 aromatic rings. The van der Waals surface area contributed by atoms with Crippen LogP contribution in [0, 0.1) is 6.92 Å². The Balaban J connectivity index is 1.79. The minimum Gasteiger partial charge on any atom is -0.461 e. The summed E-state index contributed by atoms with van der Waals surface area (Å²) in [5, 5.41) is 5.49. The summed E-state index contributed by atoms with van der Waals surface area (Å²) in [6.45, 7) is 4.93. The molecule has 0 aliphatic heterocycles. The van der Waals surface area contributed by atoms with Crippen LogP contribution in [0.25, 0.3) is 11.0 Å². The molecule has 2 nitrogen and oxygen atoms in total. The number of nitrogens with one attached hydrogen (secondary N) is 1. The molecule has 108 valence electrons. The van der Waals surface area contributed by atoms with Gasteiger partial charge in [0.25, 0.3) is 0 Å². The van der Waals surface area contributed by atoms with Gasteiger partial charge >= 0.3 is 0 Å². The lowest BCUT2D eigenvalue weighted by atomic mass is 10.1. The van der Waals surface area contributed by atoms with Crippen molar-refractivity contribution in [3.63, 3.8) is 0 Å². The van der Waals surface area contributed by atoms with Crippen molar-refractivity contribution >= 4 is 22.6 Å². The Kier molecular flexibility index (Phi) is 4.00. The Hall–Kier alpha value is -1.77. The number of fused-ring (bicyclic) bond motifs is 1. The van der Waals surface area contributed by atoms with Crippen LogP contribution < -0.4 is 5.32 Å². The molecule has 0 bridgehead atoms. The fourth-order valence-electron chi connectivity index (χ4n) is 2.59. The molecule has 2 aromatic carbocycles. The molecule has 21 heavy (non-hydrogen) atoms. The molecular weight excluding hydrogens is 282 g/mol. The van der Waals surface area contributed by atoms with Crippen molar-refractivity contribution in [1.29, 1.82) is 0 Å². The second kappa shape index (κ2) is 5.92. The summed E-state index contributed by atoms with van der Waals surface area (Å²) < 4.78 is 5.80. The van der Waals surface area contributed by atoms with Gasteiger partial charge in [0, 0.05) is 28.6 Å². The molecule has 1 atom stereocenters. The SMILES string of the molecule is Cc1oc2ccccc2c1CNC(C)c1cccc(Cl)c1. The molecular formula is C18H18ClNO. The molecule has 0 spiro atoms. The highest BCUT2D eigenvalue weighted by molar-refractivity contribution is 6.30. The van der Waals surface area contributed by atoms with Crippen molar-refractivity contribution in [2.75, 3.05) is 0 Å². The van der Waals surface area contributed by atoms with Crippen molar-refractivity contribution in [2.24, 2.45) is 0 Å². The summed E-state index contributed by atoms with van der Waals surface area (Å²) in [7, 11) is 0. The van der Waals surface area contributed by atoms with Crippen molar-refractivity contribution in [3.05, 3.63) is 70.4 Å². The van der Waals surface area contributed by atoms with Crippen LogP contribution in [0.5, 0.6) is 0 Å². The molecule has 0 amide bonds. The van der Waals surface area contributed by atoms with Gasteiger partial charge in [-0.15, -0.1) is 0 Å². The van der Waals surface area contributed by atoms with E-state index < -0.39 is 0 Å². The van der Waals surface area contributed by atoms with Crippen molar-refractivity contribution in [2.45, 2.75) is 26.4 Å². The Labute approximate surface area is 129 Å². The predicted molar refractivity (Wildman–Crippen MR) is 87.7 cm³/mol. The first kappa shape index (κ1) is 14.2. The fourth-order valence-corrected chi connectivity index (χ4v) is 2.79. The van der Waals surface area contributed by atoms with E-state index in [0.717, 1.165) is 22.9 Å². The van der Waals surface area contributed by atoms with Crippen LogP contribution in [-0.2, 0) is 6.54 Å². The molecule has 1 N–H and O–H groups in total. The van der Waals surface area contributed by atoms with Crippen LogP contribution in [0.15, 0.2) is 52.9 Å². The lowest BCUT2D eigenvalue weighted by molar-refractivity contribution is 0.544. The Morgan fingerprint density at radius 3 is 2.76 bits per heavy atom. The van der Waals surface area contributed by atoms with E-state index in [9.17, 15) is 0 Å². The third-order valence-corrected chi connectivity index (χ3v) is 4.07. The highest BCUT2D eigenvalue weighted by atomic mass is 35.5. The maximum Gasteiger partial charge on any atom is 0.134 e. The highest BCUT2D eigenvalue weighted by Crippen LogP contribution is 2.26. The average Bonchev–Trinajstić information content (AvgIpc) is 2.80. The van der Waals surface area contributed by atoms with E-state index >= 15 is 0 Å². The topological polar surface area (TPSA) is 25.2 Å². The zero-order valence-electron chi connectivity index (χ0n) is 12.2. The monoisotopic (exact) mass is 299 g/mol. The predicted octanol–water partition coefficient (Wildman–Crippen LogP) is 5.25. The summed E-state index contributed by atoms with van der Waals surface area (Å²) in [4.78, 5) is 0. The van der Waals surface area contributed by atoms with Gasteiger partial charge in [-0.25, -0.2) is 0 Å². The summed E-state index contributed by atoms with van der Waals surface area (Å²) in [6, 6.07) is 16.3. The van der Waals surface area contributed by atoms with Crippen LogP contribution in [0.4, 0.5) is 0 Å². The normalized spacial score (nSPS) is 12.7. The quantitative estimate of drug-likeness (QED) is 0.712. The van der Waals surface area contributed by atoms with Gasteiger partial charge < -0.3 is 9.73 Å². The average molecular weight is 300 g/mol. The highest BCUT2D eigenvalue weighted by Gasteiger charge is 2.12. The minimum atomic E-state index is 0.233. The first-order valence-electron chi connectivity index (χ1n) is 7.11. The first-order chi connectivity index (χ1) is 10.1. The van der Waals surface area contributed by atoms with E-state index in [0.29, 0.717) is 0 Å². The molecule has 3 rings (SSSR count).